The highest BCUT2D eigenvalue weighted by Gasteiger charge is 2.31. The summed E-state index contributed by atoms with van der Waals surface area (Å²) in [6.45, 7) is 1.10. The minimum absolute atomic E-state index is 0.0473. The van der Waals surface area contributed by atoms with Gasteiger partial charge >= 0.3 is 5.56 Å². The molecule has 1 saturated heterocycles. The first kappa shape index (κ1) is 24.3. The van der Waals surface area contributed by atoms with Crippen molar-refractivity contribution in [2.75, 3.05) is 31.1 Å². The minimum atomic E-state index is -3.54. The zero-order valence-corrected chi connectivity index (χ0v) is 20.2. The van der Waals surface area contributed by atoms with E-state index in [1.807, 2.05) is 4.90 Å². The highest BCUT2D eigenvalue weighted by Crippen LogP contribution is 2.31. The summed E-state index contributed by atoms with van der Waals surface area (Å²) in [5.74, 6) is -1.75. The number of nitrogens with zero attached hydrogens (tertiary/aromatic N) is 5. The Bertz CT molecular complexity index is 1390. The fourth-order valence-electron chi connectivity index (χ4n) is 4.26. The van der Waals surface area contributed by atoms with Crippen LogP contribution in [-0.2, 0) is 15.8 Å². The van der Waals surface area contributed by atoms with Gasteiger partial charge in [0.2, 0.25) is 15.8 Å². The molecule has 2 aliphatic rings. The zero-order chi connectivity index (χ0) is 25.3. The van der Waals surface area contributed by atoms with Crippen LogP contribution in [0.25, 0.3) is 5.69 Å². The summed E-state index contributed by atoms with van der Waals surface area (Å²) in [5, 5.41) is 4.15. The van der Waals surface area contributed by atoms with Crippen LogP contribution in [0.3, 0.4) is 0 Å². The number of sulfonamides is 1. The van der Waals surface area contributed by atoms with Crippen molar-refractivity contribution in [1.29, 1.82) is 0 Å². The largest absolute Gasteiger partial charge is 0.483 e. The Morgan fingerprint density at radius 1 is 1.03 bits per heavy atom. The van der Waals surface area contributed by atoms with Crippen molar-refractivity contribution < 1.29 is 21.9 Å². The Hall–Kier alpha value is -3.38. The van der Waals surface area contributed by atoms with Crippen LogP contribution in [0.5, 0.6) is 5.75 Å². The average Bonchev–Trinajstić information content (AvgIpc) is 2.82. The second-order valence-corrected chi connectivity index (χ2v) is 10.8. The molecule has 0 bridgehead atoms. The highest BCUT2D eigenvalue weighted by atomic mass is 32.2. The topological polar surface area (TPSA) is 97.6 Å². The van der Waals surface area contributed by atoms with Crippen LogP contribution in [-0.4, -0.2) is 59.8 Å². The van der Waals surface area contributed by atoms with Crippen molar-refractivity contribution in [2.24, 2.45) is 0 Å². The van der Waals surface area contributed by atoms with Gasteiger partial charge in [-0.3, -0.25) is 9.78 Å². The number of benzene rings is 1. The molecule has 9 nitrogen and oxygen atoms in total. The summed E-state index contributed by atoms with van der Waals surface area (Å²) in [4.78, 5) is 19.2. The SMILES string of the molecule is O=c1c(OC2CCC2)c(N2CCN(S(=O)(=O)Cc3cccnc3)CC2)cnn1-c1cc(F)cc(F)c1. The van der Waals surface area contributed by atoms with E-state index in [9.17, 15) is 22.0 Å². The van der Waals surface area contributed by atoms with Gasteiger partial charge in [0.05, 0.1) is 23.7 Å². The van der Waals surface area contributed by atoms with Gasteiger partial charge in [0.1, 0.15) is 17.3 Å². The lowest BCUT2D eigenvalue weighted by Crippen LogP contribution is -2.49. The lowest BCUT2D eigenvalue weighted by Gasteiger charge is -2.36. The van der Waals surface area contributed by atoms with E-state index < -0.39 is 27.2 Å². The van der Waals surface area contributed by atoms with Gasteiger partial charge in [0, 0.05) is 44.6 Å². The molecular formula is C24H25F2N5O4S. The Kier molecular flexibility index (Phi) is 6.71. The fourth-order valence-corrected chi connectivity index (χ4v) is 5.75. The molecule has 3 heterocycles. The van der Waals surface area contributed by atoms with E-state index in [4.69, 9.17) is 4.74 Å². The number of hydrogen-bond acceptors (Lipinski definition) is 7. The van der Waals surface area contributed by atoms with Crippen LogP contribution in [0.4, 0.5) is 14.5 Å². The molecule has 0 amide bonds. The van der Waals surface area contributed by atoms with Gasteiger partial charge in [-0.15, -0.1) is 0 Å². The molecule has 12 heteroatoms. The number of rotatable bonds is 7. The summed E-state index contributed by atoms with van der Waals surface area (Å²) in [6, 6.07) is 6.18. The van der Waals surface area contributed by atoms with Crippen LogP contribution in [0, 0.1) is 11.6 Å². The molecule has 190 valence electrons. The monoisotopic (exact) mass is 517 g/mol. The molecule has 1 aliphatic heterocycles. The molecule has 0 N–H and O–H groups in total. The van der Waals surface area contributed by atoms with Crippen LogP contribution >= 0.6 is 0 Å². The number of ether oxygens (including phenoxy) is 1. The third-order valence-electron chi connectivity index (χ3n) is 6.39. The van der Waals surface area contributed by atoms with Crippen molar-refractivity contribution in [2.45, 2.75) is 31.1 Å². The number of pyridine rings is 1. The smallest absolute Gasteiger partial charge is 0.316 e. The second kappa shape index (κ2) is 9.94. The first-order chi connectivity index (χ1) is 17.3. The first-order valence-corrected chi connectivity index (χ1v) is 13.3. The van der Waals surface area contributed by atoms with Gasteiger partial charge < -0.3 is 9.64 Å². The lowest BCUT2D eigenvalue weighted by atomic mass is 9.96. The Labute approximate surface area is 207 Å². The van der Waals surface area contributed by atoms with Crippen molar-refractivity contribution in [1.82, 2.24) is 19.1 Å². The summed E-state index contributed by atoms with van der Waals surface area (Å²) >= 11 is 0. The third kappa shape index (κ3) is 5.09. The molecule has 1 aliphatic carbocycles. The summed E-state index contributed by atoms with van der Waals surface area (Å²) in [7, 11) is -3.54. The van der Waals surface area contributed by atoms with E-state index >= 15 is 0 Å². The predicted octanol–water partition coefficient (Wildman–Crippen LogP) is 2.49. The highest BCUT2D eigenvalue weighted by molar-refractivity contribution is 7.88. The van der Waals surface area contributed by atoms with Gasteiger partial charge in [-0.25, -0.2) is 17.2 Å². The molecule has 3 aromatic rings. The maximum absolute atomic E-state index is 13.8. The maximum atomic E-state index is 13.8. The third-order valence-corrected chi connectivity index (χ3v) is 8.24. The number of hydrogen-bond donors (Lipinski definition) is 0. The van der Waals surface area contributed by atoms with Gasteiger partial charge in [-0.05, 0) is 43.0 Å². The van der Waals surface area contributed by atoms with Gasteiger partial charge in [0.25, 0.3) is 0 Å². The molecule has 2 aromatic heterocycles. The van der Waals surface area contributed by atoms with E-state index in [2.05, 4.69) is 10.1 Å². The second-order valence-electron chi connectivity index (χ2n) is 8.88. The Morgan fingerprint density at radius 2 is 1.75 bits per heavy atom. The summed E-state index contributed by atoms with van der Waals surface area (Å²) in [6.07, 6.45) is 7.01. The quantitative estimate of drug-likeness (QED) is 0.475. The van der Waals surface area contributed by atoms with Crippen LogP contribution in [0.1, 0.15) is 24.8 Å². The Morgan fingerprint density at radius 3 is 2.36 bits per heavy atom. The molecule has 5 rings (SSSR count). The van der Waals surface area contributed by atoms with E-state index in [0.29, 0.717) is 24.3 Å². The zero-order valence-electron chi connectivity index (χ0n) is 19.4. The van der Waals surface area contributed by atoms with Crippen molar-refractivity contribution in [3.63, 3.8) is 0 Å². The van der Waals surface area contributed by atoms with Crippen LogP contribution in [0.15, 0.2) is 53.7 Å². The van der Waals surface area contributed by atoms with Gasteiger partial charge in [-0.1, -0.05) is 6.07 Å². The first-order valence-electron chi connectivity index (χ1n) is 11.7. The molecule has 0 spiro atoms. The molecular weight excluding hydrogens is 492 g/mol. The van der Waals surface area contributed by atoms with Crippen LogP contribution < -0.4 is 15.2 Å². The van der Waals surface area contributed by atoms with E-state index in [0.717, 1.165) is 42.1 Å². The molecule has 2 fully saturated rings. The normalized spacial score (nSPS) is 17.1. The molecule has 0 radical (unpaired) electrons. The maximum Gasteiger partial charge on any atom is 0.316 e. The summed E-state index contributed by atoms with van der Waals surface area (Å²) < 4.78 is 61.7. The van der Waals surface area contributed by atoms with E-state index in [-0.39, 0.29) is 36.4 Å². The van der Waals surface area contributed by atoms with Crippen molar-refractivity contribution in [3.05, 3.63) is 76.5 Å². The lowest BCUT2D eigenvalue weighted by molar-refractivity contribution is 0.118. The average molecular weight is 518 g/mol. The predicted molar refractivity (Wildman–Crippen MR) is 129 cm³/mol. The molecule has 0 atom stereocenters. The standard InChI is InChI=1S/C24H25F2N5O4S/c25-18-11-19(26)13-20(12-18)31-24(32)23(35-21-4-1-5-21)22(15-28-31)29-7-9-30(10-8-29)36(33,34)16-17-3-2-6-27-14-17/h2-3,6,11-15,21H,1,4-5,7-10,16H2. The van der Waals surface area contributed by atoms with E-state index in [1.165, 1.54) is 16.7 Å². The van der Waals surface area contributed by atoms with Gasteiger partial charge in [0.15, 0.2) is 0 Å². The Balaban J connectivity index is 1.39. The summed E-state index contributed by atoms with van der Waals surface area (Å²) in [5.41, 5.74) is 0.367. The number of anilines is 1. The molecule has 1 saturated carbocycles. The van der Waals surface area contributed by atoms with Crippen molar-refractivity contribution >= 4 is 15.7 Å². The fraction of sp³-hybridized carbons (Fsp3) is 0.375. The molecule has 0 unspecified atom stereocenters. The van der Waals surface area contributed by atoms with Crippen molar-refractivity contribution in [3.8, 4) is 11.4 Å². The number of piperazine rings is 1. The molecule has 36 heavy (non-hydrogen) atoms. The van der Waals surface area contributed by atoms with Gasteiger partial charge in [-0.2, -0.15) is 14.1 Å². The molecule has 1 aromatic carbocycles. The number of aromatic nitrogens is 3. The minimum Gasteiger partial charge on any atom is -0.483 e. The van der Waals surface area contributed by atoms with Crippen LogP contribution in [0.2, 0.25) is 0 Å². The van der Waals surface area contributed by atoms with E-state index in [1.54, 1.807) is 18.3 Å². The number of halogens is 2.